The molecule has 1 fully saturated rings. The van der Waals surface area contributed by atoms with Crippen molar-refractivity contribution >= 4 is 5.78 Å². The van der Waals surface area contributed by atoms with Crippen LogP contribution in [0, 0.1) is 5.92 Å². The lowest BCUT2D eigenvalue weighted by Gasteiger charge is -2.19. The Morgan fingerprint density at radius 2 is 1.45 bits per heavy atom. The van der Waals surface area contributed by atoms with Gasteiger partial charge in [0.05, 0.1) is 12.6 Å². The molecule has 0 heterocycles. The predicted molar refractivity (Wildman–Crippen MR) is 80.5 cm³/mol. The maximum absolute atomic E-state index is 11.9. The fraction of sp³-hybridized carbons (Fsp3) is 0.278. The predicted octanol–water partition coefficient (Wildman–Crippen LogP) is 3.34. The molecule has 0 aromatic heterocycles. The monoisotopic (exact) mass is 265 g/mol. The third-order valence-electron chi connectivity index (χ3n) is 3.78. The normalized spacial score (nSPS) is 14.4. The highest BCUT2D eigenvalue weighted by molar-refractivity contribution is 5.85. The van der Waals surface area contributed by atoms with Crippen LogP contribution in [0.15, 0.2) is 60.7 Å². The Morgan fingerprint density at radius 3 is 1.90 bits per heavy atom. The number of benzene rings is 2. The number of carbonyl (C=O) groups is 1. The lowest BCUT2D eigenvalue weighted by Crippen LogP contribution is -2.29. The van der Waals surface area contributed by atoms with Gasteiger partial charge in [-0.15, -0.1) is 0 Å². The Morgan fingerprint density at radius 1 is 0.950 bits per heavy atom. The summed E-state index contributed by atoms with van der Waals surface area (Å²) >= 11 is 0. The Hall–Kier alpha value is -1.93. The van der Waals surface area contributed by atoms with Crippen molar-refractivity contribution < 1.29 is 4.79 Å². The summed E-state index contributed by atoms with van der Waals surface area (Å²) in [5.74, 6) is 0.663. The summed E-state index contributed by atoms with van der Waals surface area (Å²) in [5, 5.41) is 3.42. The molecule has 1 aliphatic rings. The molecule has 2 heteroatoms. The van der Waals surface area contributed by atoms with Crippen molar-refractivity contribution in [2.75, 3.05) is 6.54 Å². The first-order chi connectivity index (χ1) is 9.84. The van der Waals surface area contributed by atoms with Crippen molar-refractivity contribution in [2.24, 2.45) is 5.92 Å². The van der Waals surface area contributed by atoms with Gasteiger partial charge in [0.2, 0.25) is 0 Å². The van der Waals surface area contributed by atoms with Gasteiger partial charge in [0.25, 0.3) is 0 Å². The Labute approximate surface area is 119 Å². The molecule has 0 saturated heterocycles. The number of Topliss-reactive ketones (excluding diaryl/α,β-unsaturated/α-hetero) is 1. The van der Waals surface area contributed by atoms with Gasteiger partial charge in [0.1, 0.15) is 5.78 Å². The first-order valence-corrected chi connectivity index (χ1v) is 7.20. The van der Waals surface area contributed by atoms with E-state index >= 15 is 0 Å². The second-order valence-corrected chi connectivity index (χ2v) is 5.38. The minimum absolute atomic E-state index is 0.0834. The van der Waals surface area contributed by atoms with Gasteiger partial charge < -0.3 is 0 Å². The van der Waals surface area contributed by atoms with E-state index in [1.807, 2.05) is 36.4 Å². The number of rotatable bonds is 6. The second-order valence-electron chi connectivity index (χ2n) is 5.38. The van der Waals surface area contributed by atoms with E-state index in [0.717, 1.165) is 12.8 Å². The molecular formula is C18H19NO. The van der Waals surface area contributed by atoms with Crippen molar-refractivity contribution in [2.45, 2.75) is 18.9 Å². The standard InChI is InChI=1S/C18H19NO/c20-17(14-11-12-14)13-19-18(15-7-3-1-4-8-15)16-9-5-2-6-10-16/h1-10,14,18-19H,11-13H2. The van der Waals surface area contributed by atoms with Crippen LogP contribution in [0.25, 0.3) is 0 Å². The van der Waals surface area contributed by atoms with E-state index in [1.165, 1.54) is 11.1 Å². The Bertz CT molecular complexity index is 521. The third kappa shape index (κ3) is 3.14. The second kappa shape index (κ2) is 6.02. The number of carbonyl (C=O) groups excluding carboxylic acids is 1. The summed E-state index contributed by atoms with van der Waals surface area (Å²) in [6.07, 6.45) is 2.14. The summed E-state index contributed by atoms with van der Waals surface area (Å²) in [6, 6.07) is 20.7. The van der Waals surface area contributed by atoms with Gasteiger partial charge >= 0.3 is 0 Å². The zero-order chi connectivity index (χ0) is 13.8. The highest BCUT2D eigenvalue weighted by Gasteiger charge is 2.29. The Balaban J connectivity index is 1.78. The van der Waals surface area contributed by atoms with Gasteiger partial charge in [-0.05, 0) is 24.0 Å². The number of ketones is 1. The highest BCUT2D eigenvalue weighted by atomic mass is 16.1. The van der Waals surface area contributed by atoms with E-state index in [0.29, 0.717) is 18.2 Å². The molecule has 0 amide bonds. The molecule has 1 aliphatic carbocycles. The number of hydrogen-bond donors (Lipinski definition) is 1. The van der Waals surface area contributed by atoms with Crippen LogP contribution in [0.2, 0.25) is 0 Å². The van der Waals surface area contributed by atoms with E-state index in [1.54, 1.807) is 0 Å². The average molecular weight is 265 g/mol. The van der Waals surface area contributed by atoms with Crippen molar-refractivity contribution in [1.29, 1.82) is 0 Å². The quantitative estimate of drug-likeness (QED) is 0.868. The van der Waals surface area contributed by atoms with Crippen LogP contribution in [-0.4, -0.2) is 12.3 Å². The smallest absolute Gasteiger partial charge is 0.149 e. The molecule has 0 unspecified atom stereocenters. The molecule has 2 aromatic rings. The van der Waals surface area contributed by atoms with Crippen molar-refractivity contribution in [3.63, 3.8) is 0 Å². The summed E-state index contributed by atoms with van der Waals surface area (Å²) in [5.41, 5.74) is 2.39. The van der Waals surface area contributed by atoms with E-state index in [-0.39, 0.29) is 6.04 Å². The van der Waals surface area contributed by atoms with E-state index in [2.05, 4.69) is 29.6 Å². The fourth-order valence-electron chi connectivity index (χ4n) is 2.47. The Kier molecular flexibility index (Phi) is 3.93. The molecule has 1 N–H and O–H groups in total. The van der Waals surface area contributed by atoms with Gasteiger partial charge in [-0.1, -0.05) is 60.7 Å². The number of nitrogens with one attached hydrogen (secondary N) is 1. The average Bonchev–Trinajstić information content (AvgIpc) is 3.34. The highest BCUT2D eigenvalue weighted by Crippen LogP contribution is 2.30. The molecule has 0 aliphatic heterocycles. The minimum atomic E-state index is 0.0834. The molecular weight excluding hydrogens is 246 g/mol. The molecule has 3 rings (SSSR count). The fourth-order valence-corrected chi connectivity index (χ4v) is 2.47. The lowest BCUT2D eigenvalue weighted by molar-refractivity contribution is -0.119. The van der Waals surface area contributed by atoms with Crippen molar-refractivity contribution in [3.8, 4) is 0 Å². The minimum Gasteiger partial charge on any atom is -0.299 e. The van der Waals surface area contributed by atoms with Gasteiger partial charge in [0, 0.05) is 5.92 Å². The zero-order valence-corrected chi connectivity index (χ0v) is 11.5. The summed E-state index contributed by atoms with van der Waals surface area (Å²) in [4.78, 5) is 11.9. The topological polar surface area (TPSA) is 29.1 Å². The van der Waals surface area contributed by atoms with Crippen LogP contribution in [0.3, 0.4) is 0 Å². The van der Waals surface area contributed by atoms with E-state index in [9.17, 15) is 4.79 Å². The maximum Gasteiger partial charge on any atom is 0.149 e. The SMILES string of the molecule is O=C(CNC(c1ccccc1)c1ccccc1)C1CC1. The molecule has 20 heavy (non-hydrogen) atoms. The first-order valence-electron chi connectivity index (χ1n) is 7.20. The molecule has 1 saturated carbocycles. The van der Waals surface area contributed by atoms with Crippen molar-refractivity contribution in [1.82, 2.24) is 5.32 Å². The van der Waals surface area contributed by atoms with Crippen molar-refractivity contribution in [3.05, 3.63) is 71.8 Å². The molecule has 0 spiro atoms. The molecule has 102 valence electrons. The molecule has 2 nitrogen and oxygen atoms in total. The first kappa shape index (κ1) is 13.1. The maximum atomic E-state index is 11.9. The molecule has 0 bridgehead atoms. The van der Waals surface area contributed by atoms with Crippen LogP contribution < -0.4 is 5.32 Å². The third-order valence-corrected chi connectivity index (χ3v) is 3.78. The van der Waals surface area contributed by atoms with Crippen LogP contribution >= 0.6 is 0 Å². The lowest BCUT2D eigenvalue weighted by atomic mass is 9.98. The van der Waals surface area contributed by atoms with Gasteiger partial charge in [-0.25, -0.2) is 0 Å². The van der Waals surface area contributed by atoms with Crippen LogP contribution in [0.1, 0.15) is 30.0 Å². The molecule has 0 radical (unpaired) electrons. The largest absolute Gasteiger partial charge is 0.299 e. The van der Waals surface area contributed by atoms with Crippen LogP contribution in [0.5, 0.6) is 0 Å². The van der Waals surface area contributed by atoms with Gasteiger partial charge in [-0.2, -0.15) is 0 Å². The van der Waals surface area contributed by atoms with Gasteiger partial charge in [0.15, 0.2) is 0 Å². The van der Waals surface area contributed by atoms with Gasteiger partial charge in [-0.3, -0.25) is 10.1 Å². The van der Waals surface area contributed by atoms with Crippen LogP contribution in [0.4, 0.5) is 0 Å². The summed E-state index contributed by atoms with van der Waals surface area (Å²) < 4.78 is 0. The number of hydrogen-bond acceptors (Lipinski definition) is 2. The zero-order valence-electron chi connectivity index (χ0n) is 11.5. The van der Waals surface area contributed by atoms with Crippen LogP contribution in [-0.2, 0) is 4.79 Å². The van der Waals surface area contributed by atoms with E-state index < -0.39 is 0 Å². The summed E-state index contributed by atoms with van der Waals surface area (Å²) in [6.45, 7) is 0.457. The van der Waals surface area contributed by atoms with E-state index in [4.69, 9.17) is 0 Å². The summed E-state index contributed by atoms with van der Waals surface area (Å²) in [7, 11) is 0. The molecule has 0 atom stereocenters. The molecule has 2 aromatic carbocycles.